The first-order chi connectivity index (χ1) is 17.4. The van der Waals surface area contributed by atoms with E-state index < -0.39 is 18.1 Å². The number of likely N-dealkylation sites (tertiary alicyclic amines) is 1. The van der Waals surface area contributed by atoms with E-state index in [0.717, 1.165) is 42.8 Å². The second-order valence-corrected chi connectivity index (χ2v) is 10.3. The van der Waals surface area contributed by atoms with E-state index in [1.807, 2.05) is 78.4 Å². The number of carbonyl (C=O) groups is 1. The summed E-state index contributed by atoms with van der Waals surface area (Å²) in [6.45, 7) is 6.14. The van der Waals surface area contributed by atoms with Gasteiger partial charge < -0.3 is 20.1 Å². The number of amides is 2. The average molecular weight is 492 g/mol. The van der Waals surface area contributed by atoms with Gasteiger partial charge >= 0.3 is 6.03 Å². The molecule has 1 saturated heterocycles. The van der Waals surface area contributed by atoms with Gasteiger partial charge in [0, 0.05) is 43.4 Å². The van der Waals surface area contributed by atoms with Crippen molar-refractivity contribution >= 4 is 6.03 Å². The minimum absolute atomic E-state index is 0.0528. The van der Waals surface area contributed by atoms with Crippen LogP contribution in [0.4, 0.5) is 9.18 Å². The Bertz CT molecular complexity index is 1110. The summed E-state index contributed by atoms with van der Waals surface area (Å²) in [6, 6.07) is 19.5. The molecule has 0 aliphatic carbocycles. The number of imidazole rings is 1. The molecule has 0 unspecified atom stereocenters. The Morgan fingerprint density at radius 2 is 1.72 bits per heavy atom. The number of urea groups is 1. The van der Waals surface area contributed by atoms with Crippen LogP contribution in [-0.2, 0) is 6.54 Å². The summed E-state index contributed by atoms with van der Waals surface area (Å²) in [5.74, 6) is 0.699. The number of nitrogens with zero attached hydrogens (tertiary/aromatic N) is 4. The summed E-state index contributed by atoms with van der Waals surface area (Å²) in [5.41, 5.74) is 7.95. The fourth-order valence-electron chi connectivity index (χ4n) is 4.97. The highest BCUT2D eigenvalue weighted by atomic mass is 19.1. The standard InChI is InChI=1S/C29H38FN5O/c1-29(2,22-30)26(35(19-11-16-31)28(36)33-17-9-10-18-33)27-32-25(24-14-7-4-8-15-24)21-34(27)20-23-12-5-3-6-13-23/h3-8,12-15,21,26H,9-11,16-20,22,31H2,1-2H3/t26-/m0/s1. The van der Waals surface area contributed by atoms with Gasteiger partial charge in [0.15, 0.2) is 0 Å². The smallest absolute Gasteiger partial charge is 0.320 e. The van der Waals surface area contributed by atoms with Gasteiger partial charge in [0.05, 0.1) is 18.4 Å². The highest BCUT2D eigenvalue weighted by molar-refractivity contribution is 5.75. The normalized spacial score (nSPS) is 14.7. The van der Waals surface area contributed by atoms with Gasteiger partial charge in [-0.15, -0.1) is 0 Å². The van der Waals surface area contributed by atoms with E-state index in [2.05, 4.69) is 16.7 Å². The highest BCUT2D eigenvalue weighted by Gasteiger charge is 2.42. The van der Waals surface area contributed by atoms with Crippen molar-refractivity contribution in [1.82, 2.24) is 19.4 Å². The molecule has 192 valence electrons. The van der Waals surface area contributed by atoms with Crippen LogP contribution >= 0.6 is 0 Å². The van der Waals surface area contributed by atoms with E-state index in [9.17, 15) is 9.18 Å². The second kappa shape index (κ2) is 11.7. The summed E-state index contributed by atoms with van der Waals surface area (Å²) in [6.07, 6.45) is 4.66. The molecule has 2 aromatic carbocycles. The Kier molecular flexibility index (Phi) is 8.41. The van der Waals surface area contributed by atoms with Crippen LogP contribution < -0.4 is 5.73 Å². The van der Waals surface area contributed by atoms with Gasteiger partial charge in [0.2, 0.25) is 0 Å². The third-order valence-corrected chi connectivity index (χ3v) is 6.94. The maximum absolute atomic E-state index is 14.7. The Labute approximate surface area is 213 Å². The Morgan fingerprint density at radius 3 is 2.33 bits per heavy atom. The summed E-state index contributed by atoms with van der Waals surface area (Å²) in [4.78, 5) is 22.6. The molecular formula is C29H38FN5O. The zero-order valence-electron chi connectivity index (χ0n) is 21.4. The molecule has 36 heavy (non-hydrogen) atoms. The number of halogens is 1. The van der Waals surface area contributed by atoms with Crippen molar-refractivity contribution in [3.8, 4) is 11.3 Å². The van der Waals surface area contributed by atoms with Crippen molar-refractivity contribution in [2.75, 3.05) is 32.9 Å². The quantitative estimate of drug-likeness (QED) is 0.407. The molecule has 2 amide bonds. The lowest BCUT2D eigenvalue weighted by Crippen LogP contribution is -2.50. The first kappa shape index (κ1) is 25.9. The molecule has 2 heterocycles. The predicted molar refractivity (Wildman–Crippen MR) is 142 cm³/mol. The first-order valence-electron chi connectivity index (χ1n) is 12.9. The van der Waals surface area contributed by atoms with E-state index in [0.29, 0.717) is 31.9 Å². The number of hydrogen-bond acceptors (Lipinski definition) is 3. The van der Waals surface area contributed by atoms with E-state index in [1.165, 1.54) is 0 Å². The zero-order chi connectivity index (χ0) is 25.5. The topological polar surface area (TPSA) is 67.4 Å². The molecule has 0 spiro atoms. The van der Waals surface area contributed by atoms with Crippen LogP contribution in [-0.4, -0.2) is 58.2 Å². The molecule has 7 heteroatoms. The predicted octanol–water partition coefficient (Wildman–Crippen LogP) is 5.50. The van der Waals surface area contributed by atoms with Gasteiger partial charge in [-0.05, 0) is 31.4 Å². The lowest BCUT2D eigenvalue weighted by Gasteiger charge is -2.42. The lowest BCUT2D eigenvalue weighted by molar-refractivity contribution is 0.0637. The van der Waals surface area contributed by atoms with Crippen LogP contribution in [0.15, 0.2) is 66.9 Å². The van der Waals surface area contributed by atoms with E-state index in [4.69, 9.17) is 10.7 Å². The van der Waals surface area contributed by atoms with Gasteiger partial charge in [-0.2, -0.15) is 0 Å². The minimum Gasteiger partial charge on any atom is -0.330 e. The summed E-state index contributed by atoms with van der Waals surface area (Å²) in [5, 5.41) is 0. The summed E-state index contributed by atoms with van der Waals surface area (Å²) in [7, 11) is 0. The SMILES string of the molecule is CC(C)(CF)[C@H](c1nc(-c2ccccc2)cn1Cc1ccccc1)N(CCCN)C(=O)N1CCCC1. The Balaban J connectivity index is 1.84. The van der Waals surface area contributed by atoms with Crippen LogP contribution in [0, 0.1) is 5.41 Å². The molecule has 3 aromatic rings. The maximum atomic E-state index is 14.7. The van der Waals surface area contributed by atoms with Crippen molar-refractivity contribution in [3.63, 3.8) is 0 Å². The third kappa shape index (κ3) is 5.78. The first-order valence-corrected chi connectivity index (χ1v) is 12.9. The van der Waals surface area contributed by atoms with Gasteiger partial charge in [-0.3, -0.25) is 4.39 Å². The molecule has 1 atom stereocenters. The van der Waals surface area contributed by atoms with Gasteiger partial charge in [0.1, 0.15) is 5.82 Å². The van der Waals surface area contributed by atoms with Crippen LogP contribution in [0.1, 0.15) is 50.5 Å². The zero-order valence-corrected chi connectivity index (χ0v) is 21.4. The molecule has 1 aliphatic rings. The molecule has 4 rings (SSSR count). The number of nitrogens with two attached hydrogens (primary N) is 1. The van der Waals surface area contributed by atoms with Gasteiger partial charge in [0.25, 0.3) is 0 Å². The van der Waals surface area contributed by atoms with E-state index >= 15 is 0 Å². The van der Waals surface area contributed by atoms with Crippen LogP contribution in [0.2, 0.25) is 0 Å². The monoisotopic (exact) mass is 491 g/mol. The van der Waals surface area contributed by atoms with Crippen molar-refractivity contribution in [3.05, 3.63) is 78.2 Å². The average Bonchev–Trinajstić information content (AvgIpc) is 3.58. The summed E-state index contributed by atoms with van der Waals surface area (Å²) >= 11 is 0. The Hall–Kier alpha value is -3.19. The number of carbonyl (C=O) groups excluding carboxylic acids is 1. The minimum atomic E-state index is -0.849. The summed E-state index contributed by atoms with van der Waals surface area (Å²) < 4.78 is 16.8. The third-order valence-electron chi connectivity index (χ3n) is 6.94. The van der Waals surface area contributed by atoms with E-state index in [1.54, 1.807) is 0 Å². The van der Waals surface area contributed by atoms with Gasteiger partial charge in [-0.1, -0.05) is 74.5 Å². The number of alkyl halides is 1. The highest BCUT2D eigenvalue weighted by Crippen LogP contribution is 2.40. The molecule has 1 aliphatic heterocycles. The van der Waals surface area contributed by atoms with Crippen LogP contribution in [0.25, 0.3) is 11.3 Å². The molecule has 6 nitrogen and oxygen atoms in total. The van der Waals surface area contributed by atoms with Gasteiger partial charge in [-0.25, -0.2) is 9.78 Å². The number of aromatic nitrogens is 2. The number of rotatable bonds is 10. The molecule has 0 radical (unpaired) electrons. The van der Waals surface area contributed by atoms with Crippen molar-refractivity contribution < 1.29 is 9.18 Å². The maximum Gasteiger partial charge on any atom is 0.320 e. The van der Waals surface area contributed by atoms with Crippen molar-refractivity contribution in [2.24, 2.45) is 11.1 Å². The fraction of sp³-hybridized carbons (Fsp3) is 0.448. The number of hydrogen-bond donors (Lipinski definition) is 1. The fourth-order valence-corrected chi connectivity index (χ4v) is 4.97. The number of benzene rings is 2. The van der Waals surface area contributed by atoms with Crippen molar-refractivity contribution in [2.45, 2.75) is 45.7 Å². The molecular weight excluding hydrogens is 453 g/mol. The molecule has 2 N–H and O–H groups in total. The second-order valence-electron chi connectivity index (χ2n) is 10.3. The Morgan fingerprint density at radius 1 is 1.08 bits per heavy atom. The van der Waals surface area contributed by atoms with E-state index in [-0.39, 0.29) is 6.03 Å². The molecule has 0 bridgehead atoms. The van der Waals surface area contributed by atoms with Crippen LogP contribution in [0.3, 0.4) is 0 Å². The van der Waals surface area contributed by atoms with Crippen molar-refractivity contribution in [1.29, 1.82) is 0 Å². The molecule has 0 saturated carbocycles. The lowest BCUT2D eigenvalue weighted by atomic mass is 9.83. The molecule has 1 aromatic heterocycles. The molecule has 1 fully saturated rings. The largest absolute Gasteiger partial charge is 0.330 e. The van der Waals surface area contributed by atoms with Crippen LogP contribution in [0.5, 0.6) is 0 Å².